The third kappa shape index (κ3) is 2.46. The lowest BCUT2D eigenvalue weighted by molar-refractivity contribution is 0.145. The van der Waals surface area contributed by atoms with Gasteiger partial charge in [-0.2, -0.15) is 0 Å². The molecule has 14 heavy (non-hydrogen) atoms. The van der Waals surface area contributed by atoms with E-state index in [-0.39, 0.29) is 9.50 Å². The van der Waals surface area contributed by atoms with Gasteiger partial charge in [0.15, 0.2) is 0 Å². The molecule has 0 aromatic carbocycles. The lowest BCUT2D eigenvalue weighted by atomic mass is 10.4. The van der Waals surface area contributed by atoms with Crippen LogP contribution in [-0.2, 0) is 10.0 Å². The number of hydrogen-bond donors (Lipinski definition) is 1. The summed E-state index contributed by atoms with van der Waals surface area (Å²) in [7, 11) is -3.93. The highest BCUT2D eigenvalue weighted by Gasteiger charge is 2.17. The van der Waals surface area contributed by atoms with Gasteiger partial charge in [-0.15, -0.1) is 0 Å². The first-order valence-corrected chi connectivity index (χ1v) is 5.63. The Morgan fingerprint density at radius 1 is 1.43 bits per heavy atom. The summed E-state index contributed by atoms with van der Waals surface area (Å²) in [4.78, 5) is 3.03. The fraction of sp³-hybridized carbons (Fsp3) is 0.167. The number of nitrogens with zero attached hydrogens (tertiary/aromatic N) is 1. The standard InChI is InChI=1S/C6H5BrF2N2O2S/c7-5-4(14(10,12)13)2-1-3(11-5)6(8)9/h1-2,6H,(H2,10,12,13). The summed E-state index contributed by atoms with van der Waals surface area (Å²) in [6.07, 6.45) is -2.75. The maximum absolute atomic E-state index is 12.1. The number of sulfonamides is 1. The molecule has 0 fully saturated rings. The summed E-state index contributed by atoms with van der Waals surface area (Å²) in [5, 5.41) is 4.80. The Morgan fingerprint density at radius 2 is 2.00 bits per heavy atom. The van der Waals surface area contributed by atoms with Crippen molar-refractivity contribution in [1.29, 1.82) is 0 Å². The average molecular weight is 287 g/mol. The predicted molar refractivity (Wildman–Crippen MR) is 48.3 cm³/mol. The van der Waals surface area contributed by atoms with Crippen molar-refractivity contribution < 1.29 is 17.2 Å². The van der Waals surface area contributed by atoms with E-state index in [1.165, 1.54) is 0 Å². The molecular formula is C6H5BrF2N2O2S. The molecule has 1 rings (SSSR count). The van der Waals surface area contributed by atoms with Crippen molar-refractivity contribution in [3.8, 4) is 0 Å². The maximum Gasteiger partial charge on any atom is 0.280 e. The molecule has 2 N–H and O–H groups in total. The molecule has 0 atom stereocenters. The minimum atomic E-state index is -3.93. The molecule has 4 nitrogen and oxygen atoms in total. The number of primary sulfonamides is 1. The van der Waals surface area contributed by atoms with Crippen molar-refractivity contribution in [1.82, 2.24) is 4.98 Å². The molecule has 8 heteroatoms. The number of rotatable bonds is 2. The number of hydrogen-bond acceptors (Lipinski definition) is 3. The Labute approximate surface area is 87.3 Å². The molecule has 1 aromatic rings. The molecule has 0 spiro atoms. The molecule has 0 bridgehead atoms. The smallest absolute Gasteiger partial charge is 0.238 e. The van der Waals surface area contributed by atoms with Crippen molar-refractivity contribution >= 4 is 26.0 Å². The zero-order chi connectivity index (χ0) is 10.9. The molecule has 1 heterocycles. The summed E-state index contributed by atoms with van der Waals surface area (Å²) >= 11 is 2.75. The highest BCUT2D eigenvalue weighted by Crippen LogP contribution is 2.23. The first-order valence-electron chi connectivity index (χ1n) is 3.30. The number of pyridine rings is 1. The van der Waals surface area contributed by atoms with Gasteiger partial charge in [0.25, 0.3) is 6.43 Å². The largest absolute Gasteiger partial charge is 0.280 e. The molecule has 0 saturated heterocycles. The van der Waals surface area contributed by atoms with Crippen molar-refractivity contribution in [2.24, 2.45) is 5.14 Å². The van der Waals surface area contributed by atoms with Crippen molar-refractivity contribution in [2.45, 2.75) is 11.3 Å². The third-order valence-corrected chi connectivity index (χ3v) is 3.18. The number of halogens is 3. The zero-order valence-corrected chi connectivity index (χ0v) is 9.02. The van der Waals surface area contributed by atoms with Crippen molar-refractivity contribution in [3.05, 3.63) is 22.4 Å². The molecule has 0 aliphatic carbocycles. The van der Waals surface area contributed by atoms with E-state index in [9.17, 15) is 17.2 Å². The van der Waals surface area contributed by atoms with Gasteiger partial charge < -0.3 is 0 Å². The summed E-state index contributed by atoms with van der Waals surface area (Å²) in [5.41, 5.74) is -0.510. The van der Waals surface area contributed by atoms with Crippen LogP contribution in [0.25, 0.3) is 0 Å². The van der Waals surface area contributed by atoms with E-state index in [1.807, 2.05) is 0 Å². The van der Waals surface area contributed by atoms with Crippen LogP contribution in [0, 0.1) is 0 Å². The number of nitrogens with two attached hydrogens (primary N) is 1. The number of aromatic nitrogens is 1. The topological polar surface area (TPSA) is 73.1 Å². The van der Waals surface area contributed by atoms with Crippen LogP contribution in [0.15, 0.2) is 21.6 Å². The van der Waals surface area contributed by atoms with Gasteiger partial charge in [0, 0.05) is 0 Å². The lowest BCUT2D eigenvalue weighted by Crippen LogP contribution is -2.13. The fourth-order valence-electron chi connectivity index (χ4n) is 0.769. The molecule has 0 radical (unpaired) electrons. The van der Waals surface area contributed by atoms with Crippen LogP contribution < -0.4 is 5.14 Å². The van der Waals surface area contributed by atoms with Crippen LogP contribution in [0.2, 0.25) is 0 Å². The van der Waals surface area contributed by atoms with Crippen LogP contribution in [0.3, 0.4) is 0 Å². The lowest BCUT2D eigenvalue weighted by Gasteiger charge is -2.03. The van der Waals surface area contributed by atoms with E-state index < -0.39 is 22.1 Å². The van der Waals surface area contributed by atoms with Crippen LogP contribution in [0.4, 0.5) is 8.78 Å². The average Bonchev–Trinajstić information content (AvgIpc) is 2.01. The molecule has 0 aliphatic heterocycles. The minimum absolute atomic E-state index is 0.210. The van der Waals surface area contributed by atoms with Crippen molar-refractivity contribution in [3.63, 3.8) is 0 Å². The summed E-state index contributed by atoms with van der Waals surface area (Å²) in [6.45, 7) is 0. The quantitative estimate of drug-likeness (QED) is 0.836. The van der Waals surface area contributed by atoms with E-state index in [4.69, 9.17) is 5.14 Å². The van der Waals surface area contributed by atoms with Crippen molar-refractivity contribution in [2.75, 3.05) is 0 Å². The SMILES string of the molecule is NS(=O)(=O)c1ccc(C(F)F)nc1Br. The molecule has 0 saturated carbocycles. The Hall–Kier alpha value is -0.600. The third-order valence-electron chi connectivity index (χ3n) is 1.37. The second-order valence-corrected chi connectivity index (χ2v) is 4.65. The molecule has 0 amide bonds. The molecule has 1 aromatic heterocycles. The zero-order valence-electron chi connectivity index (χ0n) is 6.62. The van der Waals surface area contributed by atoms with Gasteiger partial charge in [-0.05, 0) is 28.1 Å². The Kier molecular flexibility index (Phi) is 3.17. The van der Waals surface area contributed by atoms with Gasteiger partial charge in [-0.3, -0.25) is 0 Å². The maximum atomic E-state index is 12.1. The molecule has 0 unspecified atom stereocenters. The predicted octanol–water partition coefficient (Wildman–Crippen LogP) is 1.43. The molecular weight excluding hydrogens is 282 g/mol. The second kappa shape index (κ2) is 3.87. The Morgan fingerprint density at radius 3 is 2.36 bits per heavy atom. The Bertz CT molecular complexity index is 449. The van der Waals surface area contributed by atoms with Crippen LogP contribution in [0.5, 0.6) is 0 Å². The second-order valence-electron chi connectivity index (χ2n) is 2.37. The minimum Gasteiger partial charge on any atom is -0.238 e. The van der Waals surface area contributed by atoms with Crippen LogP contribution >= 0.6 is 15.9 Å². The highest BCUT2D eigenvalue weighted by molar-refractivity contribution is 9.10. The fourth-order valence-corrected chi connectivity index (χ4v) is 2.32. The van der Waals surface area contributed by atoms with E-state index >= 15 is 0 Å². The van der Waals surface area contributed by atoms with Crippen LogP contribution in [0.1, 0.15) is 12.1 Å². The normalized spacial score (nSPS) is 12.1. The number of alkyl halides is 2. The summed E-state index contributed by atoms with van der Waals surface area (Å²) in [5.74, 6) is 0. The van der Waals surface area contributed by atoms with Gasteiger partial charge in [-0.25, -0.2) is 27.3 Å². The summed E-state index contributed by atoms with van der Waals surface area (Å²) < 4.78 is 45.7. The van der Waals surface area contributed by atoms with Gasteiger partial charge >= 0.3 is 0 Å². The summed E-state index contributed by atoms with van der Waals surface area (Å²) in [6, 6.07) is 1.89. The monoisotopic (exact) mass is 286 g/mol. The molecule has 78 valence electrons. The van der Waals surface area contributed by atoms with E-state index in [0.717, 1.165) is 12.1 Å². The van der Waals surface area contributed by atoms with Gasteiger partial charge in [0.1, 0.15) is 15.2 Å². The van der Waals surface area contributed by atoms with Crippen LogP contribution in [-0.4, -0.2) is 13.4 Å². The van der Waals surface area contributed by atoms with E-state index in [2.05, 4.69) is 20.9 Å². The first kappa shape index (κ1) is 11.5. The van der Waals surface area contributed by atoms with E-state index in [1.54, 1.807) is 0 Å². The molecule has 0 aliphatic rings. The highest BCUT2D eigenvalue weighted by atomic mass is 79.9. The van der Waals surface area contributed by atoms with Gasteiger partial charge in [-0.1, -0.05) is 0 Å². The first-order chi connectivity index (χ1) is 6.32. The van der Waals surface area contributed by atoms with E-state index in [0.29, 0.717) is 0 Å². The van der Waals surface area contributed by atoms with Gasteiger partial charge in [0.05, 0.1) is 0 Å². The Balaban J connectivity index is 3.28. The van der Waals surface area contributed by atoms with Gasteiger partial charge in [0.2, 0.25) is 10.0 Å².